The first-order valence-electron chi connectivity index (χ1n) is 10.6. The van der Waals surface area contributed by atoms with Crippen molar-refractivity contribution < 1.29 is 61.0 Å². The molecule has 0 aliphatic heterocycles. The summed E-state index contributed by atoms with van der Waals surface area (Å²) in [5, 5.41) is 1.96. The number of rotatable bonds is 17. The van der Waals surface area contributed by atoms with Gasteiger partial charge >= 0.3 is 20.1 Å². The second-order valence-corrected chi connectivity index (χ2v) is 9.73. The fourth-order valence-electron chi connectivity index (χ4n) is 1.84. The van der Waals surface area contributed by atoms with Crippen LogP contribution in [0.5, 0.6) is 0 Å². The number of halogens is 1. The Bertz CT molecular complexity index is 818. The van der Waals surface area contributed by atoms with Gasteiger partial charge in [0, 0.05) is 26.6 Å². The minimum atomic E-state index is -4.46. The molecular formula is C20H32BrN2O13P. The van der Waals surface area contributed by atoms with Gasteiger partial charge in [-0.15, -0.1) is 0 Å². The Morgan fingerprint density at radius 1 is 0.973 bits per heavy atom. The van der Waals surface area contributed by atoms with Crippen LogP contribution in [0.2, 0.25) is 0 Å². The van der Waals surface area contributed by atoms with Gasteiger partial charge in [0.25, 0.3) is 5.91 Å². The molecule has 0 heterocycles. The monoisotopic (exact) mass is 618 g/mol. The van der Waals surface area contributed by atoms with E-state index in [9.17, 15) is 23.7 Å². The molecule has 0 radical (unpaired) electrons. The van der Waals surface area contributed by atoms with Gasteiger partial charge < -0.3 is 28.6 Å². The van der Waals surface area contributed by atoms with Crippen LogP contribution in [0.3, 0.4) is 0 Å². The molecule has 0 saturated carbocycles. The summed E-state index contributed by atoms with van der Waals surface area (Å²) >= 11 is 3.02. The van der Waals surface area contributed by atoms with Crippen molar-refractivity contribution in [2.75, 3.05) is 34.4 Å². The number of carbonyl (C=O) groups excluding carboxylic acids is 4. The number of hydrogen-bond acceptors (Lipinski definition) is 14. The zero-order valence-electron chi connectivity index (χ0n) is 21.2. The molecule has 0 rings (SSSR count). The SMILES string of the molecule is COC(/C=C\N(C)/C=C(/Br)C(=O)NC=O)COP(=O)(OCOC(=O)OC(C)C)OCOC(=O)OC(C)C. The molecule has 0 aliphatic carbocycles. The number of nitrogens with one attached hydrogen (secondary N) is 1. The second kappa shape index (κ2) is 18.7. The highest BCUT2D eigenvalue weighted by molar-refractivity contribution is 9.12. The standard InChI is InChI=1S/C20H32BrN2O13P/c1-14(2)35-19(26)30-12-33-37(28,34-13-31-20(27)36-15(3)4)32-10-16(29-6)7-8-23(5)9-17(21)18(25)22-11-24/h7-9,11,14-16H,10,12-13H2,1-6H3,(H,22,24,25)/b8-7-,17-9+. The molecule has 212 valence electrons. The van der Waals surface area contributed by atoms with Crippen molar-refractivity contribution in [2.24, 2.45) is 0 Å². The maximum absolute atomic E-state index is 13.0. The number of nitrogens with zero attached hydrogens (tertiary/aromatic N) is 1. The fourth-order valence-corrected chi connectivity index (χ4v) is 3.20. The van der Waals surface area contributed by atoms with Gasteiger partial charge in [-0.2, -0.15) is 0 Å². The number of phosphoric ester groups is 1. The number of imide groups is 1. The molecule has 15 nitrogen and oxygen atoms in total. The van der Waals surface area contributed by atoms with Crippen LogP contribution in [0.4, 0.5) is 9.59 Å². The average molecular weight is 619 g/mol. The van der Waals surface area contributed by atoms with E-state index in [2.05, 4.69) is 25.4 Å². The van der Waals surface area contributed by atoms with Gasteiger partial charge in [-0.25, -0.2) is 23.2 Å². The van der Waals surface area contributed by atoms with Gasteiger partial charge in [0.05, 0.1) is 23.3 Å². The van der Waals surface area contributed by atoms with E-state index in [1.165, 1.54) is 30.5 Å². The predicted molar refractivity (Wildman–Crippen MR) is 130 cm³/mol. The van der Waals surface area contributed by atoms with E-state index >= 15 is 0 Å². The highest BCUT2D eigenvalue weighted by Gasteiger charge is 2.30. The van der Waals surface area contributed by atoms with E-state index in [1.54, 1.807) is 34.7 Å². The summed E-state index contributed by atoms with van der Waals surface area (Å²) in [7, 11) is -1.54. The number of methoxy groups -OCH3 is 1. The van der Waals surface area contributed by atoms with Crippen LogP contribution in [0.15, 0.2) is 23.0 Å². The van der Waals surface area contributed by atoms with Crippen LogP contribution >= 0.6 is 23.8 Å². The summed E-state index contributed by atoms with van der Waals surface area (Å²) in [6, 6.07) is 0. The molecule has 1 unspecified atom stereocenters. The second-order valence-electron chi connectivity index (χ2n) is 7.21. The molecule has 1 N–H and O–H groups in total. The van der Waals surface area contributed by atoms with Crippen molar-refractivity contribution in [3.63, 3.8) is 0 Å². The predicted octanol–water partition coefficient (Wildman–Crippen LogP) is 3.15. The Labute approximate surface area is 223 Å². The maximum atomic E-state index is 13.0. The molecular weight excluding hydrogens is 587 g/mol. The molecule has 37 heavy (non-hydrogen) atoms. The Kier molecular flexibility index (Phi) is 17.4. The van der Waals surface area contributed by atoms with Crippen molar-refractivity contribution in [3.05, 3.63) is 23.0 Å². The third-order valence-corrected chi connectivity index (χ3v) is 5.27. The van der Waals surface area contributed by atoms with Crippen LogP contribution in [0.25, 0.3) is 0 Å². The highest BCUT2D eigenvalue weighted by Crippen LogP contribution is 2.49. The van der Waals surface area contributed by atoms with E-state index in [-0.39, 0.29) is 17.5 Å². The van der Waals surface area contributed by atoms with Crippen molar-refractivity contribution in [2.45, 2.75) is 46.0 Å². The van der Waals surface area contributed by atoms with E-state index in [0.717, 1.165) is 0 Å². The average Bonchev–Trinajstić information content (AvgIpc) is 2.78. The molecule has 0 bridgehead atoms. The smallest absolute Gasteiger partial charge is 0.432 e. The summed E-state index contributed by atoms with van der Waals surface area (Å²) < 4.78 is 52.2. The zero-order chi connectivity index (χ0) is 28.4. The number of ether oxygens (including phenoxy) is 5. The van der Waals surface area contributed by atoms with Crippen molar-refractivity contribution in [1.82, 2.24) is 10.2 Å². The van der Waals surface area contributed by atoms with E-state index in [0.29, 0.717) is 0 Å². The molecule has 1 atom stereocenters. The Balaban J connectivity index is 5.16. The van der Waals surface area contributed by atoms with Gasteiger partial charge in [-0.3, -0.25) is 19.4 Å². The molecule has 0 aromatic rings. The van der Waals surface area contributed by atoms with Gasteiger partial charge in [0.15, 0.2) is 0 Å². The molecule has 0 aromatic heterocycles. The molecule has 0 fully saturated rings. The fraction of sp³-hybridized carbons (Fsp3) is 0.600. The van der Waals surface area contributed by atoms with Gasteiger partial charge in [-0.1, -0.05) is 0 Å². The van der Waals surface area contributed by atoms with Crippen molar-refractivity contribution >= 4 is 48.4 Å². The summed E-state index contributed by atoms with van der Waals surface area (Å²) in [4.78, 5) is 46.4. The zero-order valence-corrected chi connectivity index (χ0v) is 23.7. The molecule has 0 aliphatic rings. The first kappa shape index (κ1) is 34.5. The first-order chi connectivity index (χ1) is 17.3. The third-order valence-electron chi connectivity index (χ3n) is 3.40. The van der Waals surface area contributed by atoms with E-state index in [1.807, 2.05) is 5.32 Å². The van der Waals surface area contributed by atoms with Crippen LogP contribution in [-0.2, 0) is 51.4 Å². The Morgan fingerprint density at radius 3 is 1.92 bits per heavy atom. The van der Waals surface area contributed by atoms with Crippen LogP contribution < -0.4 is 5.32 Å². The normalized spacial score (nSPS) is 12.8. The molecule has 0 saturated heterocycles. The van der Waals surface area contributed by atoms with Crippen LogP contribution in [0, 0.1) is 0 Å². The lowest BCUT2D eigenvalue weighted by Gasteiger charge is -2.20. The van der Waals surface area contributed by atoms with Gasteiger partial charge in [-0.05, 0) is 49.7 Å². The maximum Gasteiger partial charge on any atom is 0.510 e. The summed E-state index contributed by atoms with van der Waals surface area (Å²) in [6.45, 7) is 4.26. The quantitative estimate of drug-likeness (QED) is 0.0826. The lowest BCUT2D eigenvalue weighted by Crippen LogP contribution is -2.22. The topological polar surface area (TPSA) is 174 Å². The van der Waals surface area contributed by atoms with Crippen LogP contribution in [-0.4, -0.2) is 82.2 Å². The summed E-state index contributed by atoms with van der Waals surface area (Å²) in [6.07, 6.45) is 0.661. The molecule has 0 aromatic carbocycles. The minimum absolute atomic E-state index is 0.0651. The van der Waals surface area contributed by atoms with Crippen LogP contribution in [0.1, 0.15) is 27.7 Å². The van der Waals surface area contributed by atoms with E-state index in [4.69, 9.17) is 27.8 Å². The summed E-state index contributed by atoms with van der Waals surface area (Å²) in [5.41, 5.74) is 0. The minimum Gasteiger partial charge on any atom is -0.432 e. The first-order valence-corrected chi connectivity index (χ1v) is 12.8. The van der Waals surface area contributed by atoms with Crippen molar-refractivity contribution in [1.29, 1.82) is 0 Å². The number of hydrogen-bond donors (Lipinski definition) is 1. The molecule has 0 spiro atoms. The third kappa shape index (κ3) is 17.6. The number of carbonyl (C=O) groups is 4. The van der Waals surface area contributed by atoms with Crippen molar-refractivity contribution in [3.8, 4) is 0 Å². The van der Waals surface area contributed by atoms with E-state index < -0.39 is 57.9 Å². The molecule has 17 heteroatoms. The Morgan fingerprint density at radius 2 is 1.49 bits per heavy atom. The van der Waals surface area contributed by atoms with Gasteiger partial charge in [0.2, 0.25) is 20.0 Å². The number of phosphoric acid groups is 1. The Hall–Kier alpha value is -2.49. The summed E-state index contributed by atoms with van der Waals surface area (Å²) in [5.74, 6) is -0.656. The lowest BCUT2D eigenvalue weighted by atomic mass is 10.3. The van der Waals surface area contributed by atoms with Gasteiger partial charge in [0.1, 0.15) is 6.10 Å². The lowest BCUT2D eigenvalue weighted by molar-refractivity contribution is -0.122. The molecule has 2 amide bonds. The largest absolute Gasteiger partial charge is 0.510 e. The number of amides is 2. The highest BCUT2D eigenvalue weighted by atomic mass is 79.9.